The summed E-state index contributed by atoms with van der Waals surface area (Å²) in [5.41, 5.74) is 1.39. The first-order chi connectivity index (χ1) is 15.6. The van der Waals surface area contributed by atoms with Gasteiger partial charge in [-0.25, -0.2) is 4.68 Å². The van der Waals surface area contributed by atoms with Crippen LogP contribution in [-0.2, 0) is 6.54 Å². The predicted octanol–water partition coefficient (Wildman–Crippen LogP) is 4.70. The molecule has 0 spiro atoms. The SMILES string of the molecule is O=C(NC1CCCC1)c1cn(C2CCCN(Cc3ccc(-c4cccc(Cl)c4)o3)C2)nn1. The van der Waals surface area contributed by atoms with Gasteiger partial charge in [-0.05, 0) is 56.5 Å². The van der Waals surface area contributed by atoms with Crippen molar-refractivity contribution in [3.63, 3.8) is 0 Å². The van der Waals surface area contributed by atoms with E-state index in [0.29, 0.717) is 10.7 Å². The molecule has 1 unspecified atom stereocenters. The minimum atomic E-state index is -0.111. The zero-order valence-electron chi connectivity index (χ0n) is 18.0. The molecule has 0 radical (unpaired) electrons. The number of nitrogens with one attached hydrogen (secondary N) is 1. The fourth-order valence-corrected chi connectivity index (χ4v) is 4.95. The molecule has 1 atom stereocenters. The Hall–Kier alpha value is -2.64. The highest BCUT2D eigenvalue weighted by molar-refractivity contribution is 6.30. The normalized spacial score (nSPS) is 20.0. The summed E-state index contributed by atoms with van der Waals surface area (Å²) < 4.78 is 7.94. The van der Waals surface area contributed by atoms with Gasteiger partial charge < -0.3 is 9.73 Å². The van der Waals surface area contributed by atoms with E-state index in [0.717, 1.165) is 62.4 Å². The van der Waals surface area contributed by atoms with Crippen LogP contribution in [0.25, 0.3) is 11.3 Å². The van der Waals surface area contributed by atoms with Gasteiger partial charge in [-0.3, -0.25) is 9.69 Å². The molecule has 1 N–H and O–H groups in total. The van der Waals surface area contributed by atoms with E-state index in [1.807, 2.05) is 41.1 Å². The summed E-state index contributed by atoms with van der Waals surface area (Å²) in [5, 5.41) is 12.2. The number of hydrogen-bond donors (Lipinski definition) is 1. The van der Waals surface area contributed by atoms with Crippen LogP contribution in [-0.4, -0.2) is 44.9 Å². The van der Waals surface area contributed by atoms with Crippen molar-refractivity contribution >= 4 is 17.5 Å². The van der Waals surface area contributed by atoms with Crippen LogP contribution in [0.1, 0.15) is 60.8 Å². The second-order valence-corrected chi connectivity index (χ2v) is 9.28. The number of nitrogens with zero attached hydrogens (tertiary/aromatic N) is 4. The Morgan fingerprint density at radius 1 is 1.16 bits per heavy atom. The van der Waals surface area contributed by atoms with Gasteiger partial charge in [0, 0.05) is 23.2 Å². The standard InChI is InChI=1S/C24H28ClN5O2/c25-18-6-3-5-17(13-18)23-11-10-21(32-23)15-29-12-4-9-20(14-29)30-16-22(27-28-30)24(31)26-19-7-1-2-8-19/h3,5-6,10-11,13,16,19-20H,1-2,4,7-9,12,14-15H2,(H,26,31). The van der Waals surface area contributed by atoms with Crippen LogP contribution >= 0.6 is 11.6 Å². The first kappa shape index (κ1) is 21.2. The van der Waals surface area contributed by atoms with Crippen LogP contribution < -0.4 is 5.32 Å². The quantitative estimate of drug-likeness (QED) is 0.585. The molecule has 2 fully saturated rings. The molecule has 5 rings (SSSR count). The van der Waals surface area contributed by atoms with E-state index in [4.69, 9.17) is 16.0 Å². The number of amides is 1. The van der Waals surface area contributed by atoms with Gasteiger partial charge in [-0.1, -0.05) is 41.8 Å². The summed E-state index contributed by atoms with van der Waals surface area (Å²) in [5.74, 6) is 1.64. The molecule has 3 aromatic rings. The topological polar surface area (TPSA) is 76.2 Å². The summed E-state index contributed by atoms with van der Waals surface area (Å²) in [6, 6.07) is 12.2. The highest BCUT2D eigenvalue weighted by Crippen LogP contribution is 2.27. The van der Waals surface area contributed by atoms with Crippen molar-refractivity contribution in [3.05, 3.63) is 59.1 Å². The smallest absolute Gasteiger partial charge is 0.273 e. The molecule has 32 heavy (non-hydrogen) atoms. The van der Waals surface area contributed by atoms with Crippen LogP contribution in [0.15, 0.2) is 47.0 Å². The molecule has 2 aromatic heterocycles. The van der Waals surface area contributed by atoms with E-state index in [1.165, 1.54) is 12.8 Å². The maximum atomic E-state index is 12.5. The maximum Gasteiger partial charge on any atom is 0.273 e. The van der Waals surface area contributed by atoms with Crippen molar-refractivity contribution in [2.24, 2.45) is 0 Å². The molecule has 3 heterocycles. The number of furan rings is 1. The molecule has 168 valence electrons. The number of piperidine rings is 1. The molecule has 0 bridgehead atoms. The monoisotopic (exact) mass is 453 g/mol. The molecule has 1 aliphatic heterocycles. The third-order valence-corrected chi connectivity index (χ3v) is 6.67. The first-order valence-electron chi connectivity index (χ1n) is 11.4. The molecular weight excluding hydrogens is 426 g/mol. The molecule has 7 nitrogen and oxygen atoms in total. The van der Waals surface area contributed by atoms with Crippen molar-refractivity contribution in [1.29, 1.82) is 0 Å². The van der Waals surface area contributed by atoms with Crippen molar-refractivity contribution in [3.8, 4) is 11.3 Å². The summed E-state index contributed by atoms with van der Waals surface area (Å²) >= 11 is 6.11. The number of likely N-dealkylation sites (tertiary alicyclic amines) is 1. The van der Waals surface area contributed by atoms with Gasteiger partial charge in [0.15, 0.2) is 5.69 Å². The van der Waals surface area contributed by atoms with Gasteiger partial charge in [0.2, 0.25) is 0 Å². The maximum absolute atomic E-state index is 12.5. The molecule has 2 aliphatic rings. The van der Waals surface area contributed by atoms with E-state index in [2.05, 4.69) is 20.5 Å². The number of rotatable bonds is 6. The number of carbonyl (C=O) groups is 1. The molecular formula is C24H28ClN5O2. The lowest BCUT2D eigenvalue weighted by molar-refractivity contribution is 0.0932. The van der Waals surface area contributed by atoms with Gasteiger partial charge in [-0.2, -0.15) is 0 Å². The lowest BCUT2D eigenvalue weighted by Gasteiger charge is -2.31. The lowest BCUT2D eigenvalue weighted by Crippen LogP contribution is -2.36. The van der Waals surface area contributed by atoms with Crippen molar-refractivity contribution in [1.82, 2.24) is 25.2 Å². The Kier molecular flexibility index (Phi) is 6.28. The fourth-order valence-electron chi connectivity index (χ4n) is 4.76. The second kappa shape index (κ2) is 9.46. The van der Waals surface area contributed by atoms with Crippen LogP contribution in [0.2, 0.25) is 5.02 Å². The summed E-state index contributed by atoms with van der Waals surface area (Å²) in [6.45, 7) is 2.59. The molecule has 8 heteroatoms. The van der Waals surface area contributed by atoms with Gasteiger partial charge in [0.25, 0.3) is 5.91 Å². The van der Waals surface area contributed by atoms with Crippen molar-refractivity contribution < 1.29 is 9.21 Å². The highest BCUT2D eigenvalue weighted by atomic mass is 35.5. The van der Waals surface area contributed by atoms with Gasteiger partial charge in [0.05, 0.1) is 18.8 Å². The third-order valence-electron chi connectivity index (χ3n) is 6.44. The number of carbonyl (C=O) groups excluding carboxylic acids is 1. The van der Waals surface area contributed by atoms with Crippen LogP contribution in [0.5, 0.6) is 0 Å². The Labute approximate surface area is 192 Å². The highest BCUT2D eigenvalue weighted by Gasteiger charge is 2.25. The number of benzene rings is 1. The third kappa shape index (κ3) is 4.89. The largest absolute Gasteiger partial charge is 0.460 e. The number of halogens is 1. The van der Waals surface area contributed by atoms with Crippen molar-refractivity contribution in [2.45, 2.75) is 57.2 Å². The Morgan fingerprint density at radius 3 is 2.88 bits per heavy atom. The fraction of sp³-hybridized carbons (Fsp3) is 0.458. The van der Waals surface area contributed by atoms with E-state index in [9.17, 15) is 4.79 Å². The van der Waals surface area contributed by atoms with Crippen LogP contribution in [0.3, 0.4) is 0 Å². The predicted molar refractivity (Wildman–Crippen MR) is 122 cm³/mol. The van der Waals surface area contributed by atoms with E-state index in [-0.39, 0.29) is 18.0 Å². The van der Waals surface area contributed by atoms with E-state index in [1.54, 1.807) is 6.20 Å². The van der Waals surface area contributed by atoms with Gasteiger partial charge >= 0.3 is 0 Å². The summed E-state index contributed by atoms with van der Waals surface area (Å²) in [7, 11) is 0. The average molecular weight is 454 g/mol. The summed E-state index contributed by atoms with van der Waals surface area (Å²) in [6.07, 6.45) is 8.37. The Balaban J connectivity index is 1.20. The van der Waals surface area contributed by atoms with Crippen LogP contribution in [0.4, 0.5) is 0 Å². The lowest BCUT2D eigenvalue weighted by atomic mass is 10.1. The molecule has 1 aromatic carbocycles. The second-order valence-electron chi connectivity index (χ2n) is 8.85. The van der Waals surface area contributed by atoms with Gasteiger partial charge in [0.1, 0.15) is 11.5 Å². The zero-order chi connectivity index (χ0) is 21.9. The van der Waals surface area contributed by atoms with Gasteiger partial charge in [-0.15, -0.1) is 5.10 Å². The minimum Gasteiger partial charge on any atom is -0.460 e. The molecule has 1 saturated heterocycles. The Morgan fingerprint density at radius 2 is 2.03 bits per heavy atom. The first-order valence-corrected chi connectivity index (χ1v) is 11.8. The van der Waals surface area contributed by atoms with E-state index >= 15 is 0 Å². The summed E-state index contributed by atoms with van der Waals surface area (Å²) in [4.78, 5) is 14.9. The molecule has 1 saturated carbocycles. The van der Waals surface area contributed by atoms with E-state index < -0.39 is 0 Å². The zero-order valence-corrected chi connectivity index (χ0v) is 18.8. The molecule has 1 aliphatic carbocycles. The molecule has 1 amide bonds. The Bertz CT molecular complexity index is 1070. The number of aromatic nitrogens is 3. The van der Waals surface area contributed by atoms with Crippen LogP contribution in [0, 0.1) is 0 Å². The minimum absolute atomic E-state index is 0.111. The average Bonchev–Trinajstić information content (AvgIpc) is 3.56. The van der Waals surface area contributed by atoms with Crippen molar-refractivity contribution in [2.75, 3.05) is 13.1 Å². The number of hydrogen-bond acceptors (Lipinski definition) is 5.